The molecule has 2 fully saturated rings. The van der Waals surface area contributed by atoms with Gasteiger partial charge in [-0.15, -0.1) is 0 Å². The van der Waals surface area contributed by atoms with Crippen molar-refractivity contribution in [2.45, 2.75) is 38.8 Å². The van der Waals surface area contributed by atoms with Crippen LogP contribution in [0, 0.1) is 0 Å². The molecule has 128 valence electrons. The Balaban J connectivity index is 1.57. The van der Waals surface area contributed by atoms with Crippen molar-refractivity contribution >= 4 is 5.91 Å². The van der Waals surface area contributed by atoms with E-state index in [0.29, 0.717) is 18.9 Å². The molecular formula is C17H27N3O3. The van der Waals surface area contributed by atoms with Crippen molar-refractivity contribution in [3.05, 3.63) is 23.2 Å². The van der Waals surface area contributed by atoms with Crippen molar-refractivity contribution < 1.29 is 13.9 Å². The lowest BCUT2D eigenvalue weighted by molar-refractivity contribution is 0.0284. The number of nitrogens with zero attached hydrogens (tertiary/aromatic N) is 1. The Morgan fingerprint density at radius 2 is 2.26 bits per heavy atom. The molecule has 0 spiro atoms. The highest BCUT2D eigenvalue weighted by atomic mass is 16.5. The maximum absolute atomic E-state index is 12.3. The maximum Gasteiger partial charge on any atom is 0.287 e. The molecule has 1 aromatic heterocycles. The Morgan fingerprint density at radius 3 is 2.96 bits per heavy atom. The van der Waals surface area contributed by atoms with E-state index in [4.69, 9.17) is 9.15 Å². The summed E-state index contributed by atoms with van der Waals surface area (Å²) in [5, 5.41) is 6.17. The first-order chi connectivity index (χ1) is 11.3. The van der Waals surface area contributed by atoms with Crippen LogP contribution in [0.15, 0.2) is 10.5 Å². The molecule has 0 saturated carbocycles. The number of ether oxygens (including phenoxy) is 1. The maximum atomic E-state index is 12.3. The van der Waals surface area contributed by atoms with E-state index < -0.39 is 0 Å². The normalized spacial score (nSPS) is 22.4. The molecule has 3 rings (SSSR count). The highest BCUT2D eigenvalue weighted by Gasteiger charge is 2.21. The van der Waals surface area contributed by atoms with Crippen LogP contribution in [0.2, 0.25) is 0 Å². The smallest absolute Gasteiger partial charge is 0.287 e. The van der Waals surface area contributed by atoms with Crippen molar-refractivity contribution in [2.24, 2.45) is 0 Å². The minimum atomic E-state index is -0.151. The van der Waals surface area contributed by atoms with Gasteiger partial charge in [-0.25, -0.2) is 0 Å². The summed E-state index contributed by atoms with van der Waals surface area (Å²) in [7, 11) is 0. The van der Waals surface area contributed by atoms with Crippen LogP contribution in [0.3, 0.4) is 0 Å². The molecule has 0 bridgehead atoms. The molecule has 1 atom stereocenters. The van der Waals surface area contributed by atoms with Gasteiger partial charge in [0.25, 0.3) is 5.91 Å². The molecule has 0 aliphatic carbocycles. The van der Waals surface area contributed by atoms with Gasteiger partial charge in [0.1, 0.15) is 5.76 Å². The average molecular weight is 321 g/mol. The fourth-order valence-corrected chi connectivity index (χ4v) is 3.24. The van der Waals surface area contributed by atoms with Crippen LogP contribution in [0.25, 0.3) is 0 Å². The Bertz CT molecular complexity index is 517. The summed E-state index contributed by atoms with van der Waals surface area (Å²) < 4.78 is 11.4. The number of amides is 1. The lowest BCUT2D eigenvalue weighted by Gasteiger charge is -2.23. The van der Waals surface area contributed by atoms with Crippen molar-refractivity contribution in [3.8, 4) is 0 Å². The number of hydrogen-bond acceptors (Lipinski definition) is 5. The Kier molecular flexibility index (Phi) is 5.70. The van der Waals surface area contributed by atoms with E-state index in [9.17, 15) is 4.79 Å². The van der Waals surface area contributed by atoms with E-state index in [0.717, 1.165) is 50.5 Å². The predicted octanol–water partition coefficient (Wildman–Crippen LogP) is 1.16. The molecule has 2 saturated heterocycles. The number of hydrogen-bond donors (Lipinski definition) is 2. The van der Waals surface area contributed by atoms with Crippen molar-refractivity contribution in [1.82, 2.24) is 15.5 Å². The number of rotatable bonds is 6. The predicted molar refractivity (Wildman–Crippen MR) is 87.5 cm³/mol. The highest BCUT2D eigenvalue weighted by molar-refractivity contribution is 5.91. The molecule has 2 N–H and O–H groups in total. The van der Waals surface area contributed by atoms with Gasteiger partial charge in [-0.3, -0.25) is 9.69 Å². The number of furan rings is 1. The second-order valence-corrected chi connectivity index (χ2v) is 6.30. The largest absolute Gasteiger partial charge is 0.456 e. The first-order valence-corrected chi connectivity index (χ1v) is 8.70. The fraction of sp³-hybridized carbons (Fsp3) is 0.706. The van der Waals surface area contributed by atoms with Crippen molar-refractivity contribution in [3.63, 3.8) is 0 Å². The first kappa shape index (κ1) is 16.5. The lowest BCUT2D eigenvalue weighted by Crippen LogP contribution is -2.45. The standard InChI is InChI=1S/C17H27N3O3/c1-2-15-13(12-20-6-3-4-7-20)9-16(23-15)17(21)19-11-14-10-18-5-8-22-14/h9,14,18H,2-8,10-12H2,1H3,(H,19,21)/t14-/m1/s1. The average Bonchev–Trinajstić information content (AvgIpc) is 3.23. The van der Waals surface area contributed by atoms with Gasteiger partial charge >= 0.3 is 0 Å². The van der Waals surface area contributed by atoms with Gasteiger partial charge in [-0.05, 0) is 32.0 Å². The number of nitrogens with one attached hydrogen (secondary N) is 2. The summed E-state index contributed by atoms with van der Waals surface area (Å²) in [5.74, 6) is 1.19. The summed E-state index contributed by atoms with van der Waals surface area (Å²) in [6.07, 6.45) is 3.38. The minimum Gasteiger partial charge on any atom is -0.456 e. The van der Waals surface area contributed by atoms with Crippen molar-refractivity contribution in [1.29, 1.82) is 0 Å². The fourth-order valence-electron chi connectivity index (χ4n) is 3.24. The second-order valence-electron chi connectivity index (χ2n) is 6.30. The van der Waals surface area contributed by atoms with Crippen LogP contribution in [-0.2, 0) is 17.7 Å². The van der Waals surface area contributed by atoms with Gasteiger partial charge in [0.05, 0.1) is 12.7 Å². The molecule has 6 heteroatoms. The summed E-state index contributed by atoms with van der Waals surface area (Å²) in [6, 6.07) is 1.91. The Labute approximate surface area is 137 Å². The van der Waals surface area contributed by atoms with Gasteiger partial charge in [-0.1, -0.05) is 6.92 Å². The molecular weight excluding hydrogens is 294 g/mol. The zero-order chi connectivity index (χ0) is 16.1. The molecule has 23 heavy (non-hydrogen) atoms. The zero-order valence-electron chi connectivity index (χ0n) is 13.9. The van der Waals surface area contributed by atoms with Gasteiger partial charge in [0.2, 0.25) is 0 Å². The van der Waals surface area contributed by atoms with Crippen LogP contribution in [0.4, 0.5) is 0 Å². The molecule has 2 aliphatic heterocycles. The van der Waals surface area contributed by atoms with Gasteiger partial charge in [-0.2, -0.15) is 0 Å². The molecule has 6 nitrogen and oxygen atoms in total. The van der Waals surface area contributed by atoms with Crippen LogP contribution >= 0.6 is 0 Å². The number of likely N-dealkylation sites (tertiary alicyclic amines) is 1. The first-order valence-electron chi connectivity index (χ1n) is 8.70. The number of carbonyl (C=O) groups is 1. The van der Waals surface area contributed by atoms with E-state index in [1.165, 1.54) is 12.8 Å². The van der Waals surface area contributed by atoms with Crippen LogP contribution in [0.5, 0.6) is 0 Å². The van der Waals surface area contributed by atoms with Gasteiger partial charge < -0.3 is 19.8 Å². The summed E-state index contributed by atoms with van der Waals surface area (Å²) in [6.45, 7) is 8.09. The molecule has 1 aromatic rings. The second kappa shape index (κ2) is 7.95. The summed E-state index contributed by atoms with van der Waals surface area (Å²) >= 11 is 0. The van der Waals surface area contributed by atoms with Crippen molar-refractivity contribution in [2.75, 3.05) is 39.3 Å². The van der Waals surface area contributed by atoms with Crippen LogP contribution < -0.4 is 10.6 Å². The van der Waals surface area contributed by atoms with Gasteiger partial charge in [0.15, 0.2) is 5.76 Å². The third-order valence-corrected chi connectivity index (χ3v) is 4.53. The number of carbonyl (C=O) groups excluding carboxylic acids is 1. The lowest BCUT2D eigenvalue weighted by atomic mass is 10.2. The SMILES string of the molecule is CCc1oc(C(=O)NC[C@H]2CNCCO2)cc1CN1CCCC1. The third-order valence-electron chi connectivity index (χ3n) is 4.53. The zero-order valence-corrected chi connectivity index (χ0v) is 13.9. The highest BCUT2D eigenvalue weighted by Crippen LogP contribution is 2.20. The molecule has 0 aromatic carbocycles. The molecule has 0 unspecified atom stereocenters. The third kappa shape index (κ3) is 4.34. The molecule has 2 aliphatic rings. The Morgan fingerprint density at radius 1 is 1.43 bits per heavy atom. The van der Waals surface area contributed by atoms with Gasteiger partial charge in [0, 0.05) is 38.2 Å². The van der Waals surface area contributed by atoms with E-state index in [2.05, 4.69) is 22.5 Å². The van der Waals surface area contributed by atoms with Crippen LogP contribution in [-0.4, -0.2) is 56.2 Å². The monoisotopic (exact) mass is 321 g/mol. The molecule has 0 radical (unpaired) electrons. The number of aryl methyl sites for hydroxylation is 1. The summed E-state index contributed by atoms with van der Waals surface area (Å²) in [5.41, 5.74) is 1.15. The van der Waals surface area contributed by atoms with E-state index in [-0.39, 0.29) is 12.0 Å². The molecule has 3 heterocycles. The van der Waals surface area contributed by atoms with Crippen LogP contribution in [0.1, 0.15) is 41.6 Å². The van der Waals surface area contributed by atoms with E-state index in [1.54, 1.807) is 0 Å². The van der Waals surface area contributed by atoms with E-state index in [1.807, 2.05) is 6.07 Å². The molecule has 1 amide bonds. The Hall–Kier alpha value is -1.37. The quantitative estimate of drug-likeness (QED) is 0.823. The summed E-state index contributed by atoms with van der Waals surface area (Å²) in [4.78, 5) is 14.7. The minimum absolute atomic E-state index is 0.0392. The number of morpholine rings is 1. The van der Waals surface area contributed by atoms with E-state index >= 15 is 0 Å². The topological polar surface area (TPSA) is 66.7 Å².